The molecule has 0 radical (unpaired) electrons. The van der Waals surface area contributed by atoms with Crippen molar-refractivity contribution in [2.75, 3.05) is 5.32 Å². The van der Waals surface area contributed by atoms with Gasteiger partial charge in [-0.3, -0.25) is 14.9 Å². The molecule has 156 valence electrons. The van der Waals surface area contributed by atoms with Gasteiger partial charge >= 0.3 is 0 Å². The van der Waals surface area contributed by atoms with E-state index in [1.807, 2.05) is 36.4 Å². The van der Waals surface area contributed by atoms with E-state index >= 15 is 0 Å². The molecule has 8 heteroatoms. The summed E-state index contributed by atoms with van der Waals surface area (Å²) in [5.74, 6) is 0.115. The summed E-state index contributed by atoms with van der Waals surface area (Å²) in [4.78, 5) is 27.4. The number of hydrogen-bond acceptors (Lipinski definition) is 5. The van der Waals surface area contributed by atoms with Gasteiger partial charge in [0.25, 0.3) is 11.6 Å². The van der Waals surface area contributed by atoms with Crippen LogP contribution in [-0.4, -0.2) is 15.8 Å². The van der Waals surface area contributed by atoms with Gasteiger partial charge in [-0.1, -0.05) is 40.2 Å². The number of anilines is 1. The Labute approximate surface area is 190 Å². The second-order valence-corrected chi connectivity index (χ2v) is 7.95. The number of amides is 1. The lowest BCUT2D eigenvalue weighted by Crippen LogP contribution is -2.11. The van der Waals surface area contributed by atoms with Crippen LogP contribution in [0.4, 0.5) is 11.4 Å². The highest BCUT2D eigenvalue weighted by Gasteiger charge is 2.14. The van der Waals surface area contributed by atoms with Gasteiger partial charge in [0.15, 0.2) is 5.58 Å². The van der Waals surface area contributed by atoms with Crippen LogP contribution in [0.2, 0.25) is 0 Å². The standard InChI is InChI=1S/C24H14BrN3O4/c25-20-6-2-3-17-18(20)4-1-5-19(17)24-27-21-13-15(9-12-22(21)32-24)26-23(29)14-7-10-16(11-8-14)28(30)31/h1-13H,(H,26,29). The monoisotopic (exact) mass is 487 g/mol. The molecule has 0 saturated carbocycles. The molecule has 1 aromatic heterocycles. The average molecular weight is 488 g/mol. The van der Waals surface area contributed by atoms with E-state index in [9.17, 15) is 14.9 Å². The van der Waals surface area contributed by atoms with E-state index in [1.165, 1.54) is 24.3 Å². The smallest absolute Gasteiger partial charge is 0.269 e. The lowest BCUT2D eigenvalue weighted by atomic mass is 10.0. The van der Waals surface area contributed by atoms with Gasteiger partial charge in [-0.25, -0.2) is 4.98 Å². The van der Waals surface area contributed by atoms with Crippen molar-refractivity contribution in [2.24, 2.45) is 0 Å². The van der Waals surface area contributed by atoms with E-state index in [2.05, 4.69) is 26.2 Å². The maximum Gasteiger partial charge on any atom is 0.269 e. The van der Waals surface area contributed by atoms with Crippen LogP contribution in [-0.2, 0) is 0 Å². The summed E-state index contributed by atoms with van der Waals surface area (Å²) in [6.45, 7) is 0. The third-order valence-corrected chi connectivity index (χ3v) is 5.78. The zero-order valence-electron chi connectivity index (χ0n) is 16.4. The van der Waals surface area contributed by atoms with Gasteiger partial charge in [0.05, 0.1) is 4.92 Å². The van der Waals surface area contributed by atoms with Crippen LogP contribution in [0.1, 0.15) is 10.4 Å². The molecule has 5 rings (SSSR count). The van der Waals surface area contributed by atoms with E-state index < -0.39 is 4.92 Å². The largest absolute Gasteiger partial charge is 0.436 e. The molecule has 0 fully saturated rings. The van der Waals surface area contributed by atoms with Crippen LogP contribution >= 0.6 is 15.9 Å². The maximum absolute atomic E-state index is 12.5. The highest BCUT2D eigenvalue weighted by Crippen LogP contribution is 2.34. The lowest BCUT2D eigenvalue weighted by Gasteiger charge is -2.04. The quantitative estimate of drug-likeness (QED) is 0.228. The fourth-order valence-corrected chi connectivity index (χ4v) is 4.01. The minimum absolute atomic E-state index is 0.0708. The molecule has 0 spiro atoms. The molecule has 0 aliphatic heterocycles. The average Bonchev–Trinajstić information content (AvgIpc) is 3.22. The van der Waals surface area contributed by atoms with Crippen molar-refractivity contribution in [3.05, 3.63) is 99.0 Å². The number of nitrogens with zero attached hydrogens (tertiary/aromatic N) is 2. The number of nitro groups is 1. The van der Waals surface area contributed by atoms with Gasteiger partial charge in [0.1, 0.15) is 5.52 Å². The van der Waals surface area contributed by atoms with Crippen LogP contribution < -0.4 is 5.32 Å². The Bertz CT molecular complexity index is 1510. The van der Waals surface area contributed by atoms with Gasteiger partial charge in [-0.15, -0.1) is 0 Å². The normalized spacial score (nSPS) is 11.0. The molecular weight excluding hydrogens is 474 g/mol. The van der Waals surface area contributed by atoms with Crippen molar-refractivity contribution >= 4 is 55.1 Å². The number of aromatic nitrogens is 1. The number of fused-ring (bicyclic) bond motifs is 2. The Balaban J connectivity index is 1.45. The number of hydrogen-bond donors (Lipinski definition) is 1. The maximum atomic E-state index is 12.5. The van der Waals surface area contributed by atoms with Crippen LogP contribution in [0.5, 0.6) is 0 Å². The fraction of sp³-hybridized carbons (Fsp3) is 0. The molecular formula is C24H14BrN3O4. The molecule has 0 unspecified atom stereocenters. The van der Waals surface area contributed by atoms with E-state index in [0.717, 1.165) is 20.8 Å². The van der Waals surface area contributed by atoms with Crippen molar-refractivity contribution in [1.82, 2.24) is 4.98 Å². The highest BCUT2D eigenvalue weighted by molar-refractivity contribution is 9.10. The second-order valence-electron chi connectivity index (χ2n) is 7.10. The fourth-order valence-electron chi connectivity index (χ4n) is 3.52. The van der Waals surface area contributed by atoms with Crippen molar-refractivity contribution in [2.45, 2.75) is 0 Å². The first kappa shape index (κ1) is 19.9. The Kier molecular flexibility index (Phi) is 4.91. The molecule has 5 aromatic rings. The van der Waals surface area contributed by atoms with Gasteiger partial charge in [0, 0.05) is 33.4 Å². The molecule has 0 aliphatic rings. The summed E-state index contributed by atoms with van der Waals surface area (Å²) in [6.07, 6.45) is 0. The number of oxazole rings is 1. The summed E-state index contributed by atoms with van der Waals surface area (Å²) >= 11 is 3.58. The molecule has 0 bridgehead atoms. The number of non-ortho nitro benzene ring substituents is 1. The molecule has 0 saturated heterocycles. The molecule has 32 heavy (non-hydrogen) atoms. The molecule has 1 amide bonds. The van der Waals surface area contributed by atoms with Crippen LogP contribution in [0.3, 0.4) is 0 Å². The Morgan fingerprint density at radius 3 is 2.50 bits per heavy atom. The molecule has 1 N–H and O–H groups in total. The number of rotatable bonds is 4. The SMILES string of the molecule is O=C(Nc1ccc2oc(-c3cccc4c(Br)cccc34)nc2c1)c1ccc([N+](=O)[O-])cc1. The summed E-state index contributed by atoms with van der Waals surface area (Å²) in [7, 11) is 0. The van der Waals surface area contributed by atoms with E-state index in [0.29, 0.717) is 28.2 Å². The van der Waals surface area contributed by atoms with Gasteiger partial charge in [0.2, 0.25) is 5.89 Å². The van der Waals surface area contributed by atoms with Crippen molar-refractivity contribution in [1.29, 1.82) is 0 Å². The Morgan fingerprint density at radius 1 is 0.969 bits per heavy atom. The number of nitrogens with one attached hydrogen (secondary N) is 1. The Hall–Kier alpha value is -4.04. The summed E-state index contributed by atoms with van der Waals surface area (Å²) in [5.41, 5.74) is 2.86. The first-order valence-electron chi connectivity index (χ1n) is 9.63. The molecule has 0 aliphatic carbocycles. The number of nitro benzene ring substituents is 1. The van der Waals surface area contributed by atoms with Gasteiger partial charge < -0.3 is 9.73 Å². The molecule has 0 atom stereocenters. The molecule has 4 aromatic carbocycles. The highest BCUT2D eigenvalue weighted by atomic mass is 79.9. The molecule has 1 heterocycles. The third-order valence-electron chi connectivity index (χ3n) is 5.09. The number of carbonyl (C=O) groups excluding carboxylic acids is 1. The molecule has 7 nitrogen and oxygen atoms in total. The van der Waals surface area contributed by atoms with Crippen LogP contribution in [0, 0.1) is 10.1 Å². The minimum atomic E-state index is -0.508. The van der Waals surface area contributed by atoms with Crippen LogP contribution in [0.25, 0.3) is 33.3 Å². The van der Waals surface area contributed by atoms with E-state index in [4.69, 9.17) is 4.42 Å². The van der Waals surface area contributed by atoms with Crippen molar-refractivity contribution in [3.63, 3.8) is 0 Å². The number of halogens is 1. The first-order valence-corrected chi connectivity index (χ1v) is 10.4. The number of benzene rings is 4. The summed E-state index contributed by atoms with van der Waals surface area (Å²) in [6, 6.07) is 22.5. The predicted molar refractivity (Wildman–Crippen MR) is 126 cm³/mol. The van der Waals surface area contributed by atoms with Gasteiger partial charge in [-0.05, 0) is 53.2 Å². The second kappa shape index (κ2) is 7.90. The topological polar surface area (TPSA) is 98.3 Å². The predicted octanol–water partition coefficient (Wildman–Crippen LogP) is 6.57. The lowest BCUT2D eigenvalue weighted by molar-refractivity contribution is -0.384. The van der Waals surface area contributed by atoms with Gasteiger partial charge in [-0.2, -0.15) is 0 Å². The number of carbonyl (C=O) groups is 1. The Morgan fingerprint density at radius 2 is 1.72 bits per heavy atom. The van der Waals surface area contributed by atoms with E-state index in [1.54, 1.807) is 18.2 Å². The zero-order valence-corrected chi connectivity index (χ0v) is 18.0. The first-order chi connectivity index (χ1) is 15.5. The van der Waals surface area contributed by atoms with E-state index in [-0.39, 0.29) is 11.6 Å². The minimum Gasteiger partial charge on any atom is -0.436 e. The zero-order chi connectivity index (χ0) is 22.2. The summed E-state index contributed by atoms with van der Waals surface area (Å²) in [5, 5.41) is 15.6. The van der Waals surface area contributed by atoms with Crippen molar-refractivity contribution < 1.29 is 14.1 Å². The summed E-state index contributed by atoms with van der Waals surface area (Å²) < 4.78 is 6.97. The van der Waals surface area contributed by atoms with Crippen LogP contribution in [0.15, 0.2) is 87.8 Å². The van der Waals surface area contributed by atoms with Crippen molar-refractivity contribution in [3.8, 4) is 11.5 Å². The third kappa shape index (κ3) is 3.61.